The van der Waals surface area contributed by atoms with Crippen molar-refractivity contribution in [1.29, 1.82) is 0 Å². The molecule has 1 atom stereocenters. The molecule has 2 heterocycles. The highest BCUT2D eigenvalue weighted by Crippen LogP contribution is 2.23. The van der Waals surface area contributed by atoms with Crippen molar-refractivity contribution in [3.63, 3.8) is 0 Å². The number of imidazole rings is 1. The summed E-state index contributed by atoms with van der Waals surface area (Å²) in [6, 6.07) is 16.2. The predicted molar refractivity (Wildman–Crippen MR) is 111 cm³/mol. The average molecular weight is 374 g/mol. The Balaban J connectivity index is 1.34. The van der Waals surface area contributed by atoms with Crippen LogP contribution in [0, 0.1) is 6.92 Å². The van der Waals surface area contributed by atoms with Gasteiger partial charge in [-0.15, -0.1) is 0 Å². The molecule has 1 aliphatic heterocycles. The van der Waals surface area contributed by atoms with Crippen LogP contribution in [0.4, 0.5) is 0 Å². The lowest BCUT2D eigenvalue weighted by molar-refractivity contribution is 0.0951. The second kappa shape index (κ2) is 8.40. The van der Waals surface area contributed by atoms with Gasteiger partial charge in [-0.05, 0) is 67.6 Å². The second-order valence-electron chi connectivity index (χ2n) is 7.36. The Morgan fingerprint density at radius 3 is 2.61 bits per heavy atom. The maximum atomic E-state index is 12.5. The highest BCUT2D eigenvalue weighted by Gasteiger charge is 2.15. The molecule has 0 unspecified atom stereocenters. The largest absolute Gasteiger partial charge is 0.348 e. The van der Waals surface area contributed by atoms with E-state index < -0.39 is 0 Å². The normalized spacial score (nSPS) is 16.7. The van der Waals surface area contributed by atoms with Crippen molar-refractivity contribution in [2.24, 2.45) is 0 Å². The molecule has 5 heteroatoms. The molecule has 3 aromatic rings. The molecular formula is C23H26N4O. The maximum absolute atomic E-state index is 12.5. The van der Waals surface area contributed by atoms with Crippen molar-refractivity contribution in [3.8, 4) is 5.69 Å². The summed E-state index contributed by atoms with van der Waals surface area (Å²) in [7, 11) is 0. The van der Waals surface area contributed by atoms with E-state index in [-0.39, 0.29) is 5.91 Å². The van der Waals surface area contributed by atoms with E-state index in [1.165, 1.54) is 18.4 Å². The fourth-order valence-electron chi connectivity index (χ4n) is 3.75. The molecule has 2 N–H and O–H groups in total. The maximum Gasteiger partial charge on any atom is 0.251 e. The van der Waals surface area contributed by atoms with Crippen molar-refractivity contribution in [2.75, 3.05) is 13.1 Å². The Bertz CT molecular complexity index is 922. The van der Waals surface area contributed by atoms with Crippen LogP contribution in [-0.4, -0.2) is 28.5 Å². The number of aromatic nitrogens is 2. The first-order chi connectivity index (χ1) is 13.7. The minimum atomic E-state index is -0.0390. The van der Waals surface area contributed by atoms with Crippen LogP contribution in [0.2, 0.25) is 0 Å². The minimum absolute atomic E-state index is 0.0390. The van der Waals surface area contributed by atoms with Gasteiger partial charge in [0.05, 0.1) is 0 Å². The highest BCUT2D eigenvalue weighted by atomic mass is 16.1. The fraction of sp³-hybridized carbons (Fsp3) is 0.304. The van der Waals surface area contributed by atoms with Crippen LogP contribution in [-0.2, 0) is 6.54 Å². The van der Waals surface area contributed by atoms with Crippen LogP contribution in [0.15, 0.2) is 60.9 Å². The van der Waals surface area contributed by atoms with Crippen LogP contribution in [0.3, 0.4) is 0 Å². The molecule has 5 nitrogen and oxygen atoms in total. The Kier molecular flexibility index (Phi) is 5.53. The fourth-order valence-corrected chi connectivity index (χ4v) is 3.75. The molecule has 0 spiro atoms. The molecule has 0 bridgehead atoms. The predicted octanol–water partition coefficient (Wildman–Crippen LogP) is 3.58. The third-order valence-corrected chi connectivity index (χ3v) is 5.43. The Labute approximate surface area is 165 Å². The van der Waals surface area contributed by atoms with Gasteiger partial charge >= 0.3 is 0 Å². The van der Waals surface area contributed by atoms with Gasteiger partial charge in [0, 0.05) is 36.7 Å². The molecule has 1 amide bonds. The van der Waals surface area contributed by atoms with E-state index in [1.54, 1.807) is 6.20 Å². The number of nitrogens with zero attached hydrogens (tertiary/aromatic N) is 2. The van der Waals surface area contributed by atoms with Crippen molar-refractivity contribution >= 4 is 5.91 Å². The molecule has 1 aliphatic rings. The van der Waals surface area contributed by atoms with Gasteiger partial charge in [0.1, 0.15) is 5.82 Å². The van der Waals surface area contributed by atoms with Gasteiger partial charge in [0.15, 0.2) is 0 Å². The number of rotatable bonds is 5. The van der Waals surface area contributed by atoms with Crippen LogP contribution in [0.5, 0.6) is 0 Å². The number of piperidine rings is 1. The van der Waals surface area contributed by atoms with Crippen molar-refractivity contribution in [1.82, 2.24) is 20.2 Å². The summed E-state index contributed by atoms with van der Waals surface area (Å²) in [6.07, 6.45) is 6.16. The van der Waals surface area contributed by atoms with Crippen LogP contribution in [0.25, 0.3) is 5.69 Å². The molecule has 0 aliphatic carbocycles. The topological polar surface area (TPSA) is 59.0 Å². The molecule has 1 saturated heterocycles. The number of amides is 1. The van der Waals surface area contributed by atoms with Gasteiger partial charge in [-0.3, -0.25) is 4.79 Å². The van der Waals surface area contributed by atoms with Crippen molar-refractivity contribution in [2.45, 2.75) is 32.2 Å². The second-order valence-corrected chi connectivity index (χ2v) is 7.36. The summed E-state index contributed by atoms with van der Waals surface area (Å²) in [4.78, 5) is 16.7. The lowest BCUT2D eigenvalue weighted by Crippen LogP contribution is -2.28. The van der Waals surface area contributed by atoms with Crippen LogP contribution < -0.4 is 10.6 Å². The first kappa shape index (κ1) is 18.4. The van der Waals surface area contributed by atoms with E-state index >= 15 is 0 Å². The molecule has 1 aromatic heterocycles. The van der Waals surface area contributed by atoms with E-state index in [1.807, 2.05) is 54.1 Å². The van der Waals surface area contributed by atoms with Gasteiger partial charge in [-0.25, -0.2) is 4.98 Å². The molecule has 0 saturated carbocycles. The molecular weight excluding hydrogens is 348 g/mol. The quantitative estimate of drug-likeness (QED) is 0.718. The third kappa shape index (κ3) is 4.15. The number of hydrogen-bond donors (Lipinski definition) is 2. The number of hydrogen-bond acceptors (Lipinski definition) is 3. The molecule has 4 rings (SSSR count). The summed E-state index contributed by atoms with van der Waals surface area (Å²) in [5, 5.41) is 6.45. The van der Waals surface area contributed by atoms with Crippen molar-refractivity contribution < 1.29 is 4.79 Å². The number of benzene rings is 2. The standard InChI is InChI=1S/C23H26N4O/c1-17-25-13-14-27(17)22-10-4-18(5-11-22)15-26-23(28)20-8-6-19(7-9-20)21-3-2-12-24-16-21/h4-11,13-14,21,24H,2-3,12,15-16H2,1H3,(H,26,28)/t21-/m0/s1. The van der Waals surface area contributed by atoms with Crippen molar-refractivity contribution in [3.05, 3.63) is 83.4 Å². The number of carbonyl (C=O) groups excluding carboxylic acids is 1. The van der Waals surface area contributed by atoms with Crippen LogP contribution in [0.1, 0.15) is 46.1 Å². The average Bonchev–Trinajstić information content (AvgIpc) is 3.19. The summed E-state index contributed by atoms with van der Waals surface area (Å²) < 4.78 is 2.03. The number of nitrogens with one attached hydrogen (secondary N) is 2. The Morgan fingerprint density at radius 2 is 1.96 bits per heavy atom. The smallest absolute Gasteiger partial charge is 0.251 e. The monoisotopic (exact) mass is 374 g/mol. The molecule has 0 radical (unpaired) electrons. The van der Waals surface area contributed by atoms with E-state index in [2.05, 4.69) is 27.8 Å². The van der Waals surface area contributed by atoms with E-state index in [0.29, 0.717) is 18.0 Å². The summed E-state index contributed by atoms with van der Waals surface area (Å²) in [6.45, 7) is 4.63. The van der Waals surface area contributed by atoms with Gasteiger partial charge in [0.25, 0.3) is 5.91 Å². The van der Waals surface area contributed by atoms with Gasteiger partial charge in [-0.2, -0.15) is 0 Å². The SMILES string of the molecule is Cc1nccn1-c1ccc(CNC(=O)c2ccc([C@H]3CCCNC3)cc2)cc1. The van der Waals surface area contributed by atoms with E-state index in [0.717, 1.165) is 30.2 Å². The minimum Gasteiger partial charge on any atom is -0.348 e. The van der Waals surface area contributed by atoms with E-state index in [9.17, 15) is 4.79 Å². The first-order valence-electron chi connectivity index (χ1n) is 9.89. The number of carbonyl (C=O) groups is 1. The summed E-state index contributed by atoms with van der Waals surface area (Å²) in [5.74, 6) is 1.47. The van der Waals surface area contributed by atoms with Gasteiger partial charge < -0.3 is 15.2 Å². The number of aryl methyl sites for hydroxylation is 1. The molecule has 1 fully saturated rings. The van der Waals surface area contributed by atoms with Crippen LogP contribution >= 0.6 is 0 Å². The lowest BCUT2D eigenvalue weighted by Gasteiger charge is -2.23. The first-order valence-corrected chi connectivity index (χ1v) is 9.89. The summed E-state index contributed by atoms with van der Waals surface area (Å²) >= 11 is 0. The van der Waals surface area contributed by atoms with Gasteiger partial charge in [0.2, 0.25) is 0 Å². The lowest BCUT2D eigenvalue weighted by atomic mass is 9.91. The third-order valence-electron chi connectivity index (χ3n) is 5.43. The van der Waals surface area contributed by atoms with Gasteiger partial charge in [-0.1, -0.05) is 24.3 Å². The molecule has 2 aromatic carbocycles. The zero-order valence-electron chi connectivity index (χ0n) is 16.2. The Morgan fingerprint density at radius 1 is 1.18 bits per heavy atom. The zero-order chi connectivity index (χ0) is 19.3. The molecule has 28 heavy (non-hydrogen) atoms. The Hall–Kier alpha value is -2.92. The molecule has 144 valence electrons. The summed E-state index contributed by atoms with van der Waals surface area (Å²) in [5.41, 5.74) is 4.16. The zero-order valence-corrected chi connectivity index (χ0v) is 16.2. The van der Waals surface area contributed by atoms with E-state index in [4.69, 9.17) is 0 Å². The highest BCUT2D eigenvalue weighted by molar-refractivity contribution is 5.94.